The average Bonchev–Trinajstić information content (AvgIpc) is 3.03. The fourth-order valence-electron chi connectivity index (χ4n) is 2.73. The summed E-state index contributed by atoms with van der Waals surface area (Å²) in [5.41, 5.74) is -0.175. The van der Waals surface area contributed by atoms with Crippen LogP contribution in [0.25, 0.3) is 0 Å². The number of amides is 1. The van der Waals surface area contributed by atoms with Gasteiger partial charge in [0.25, 0.3) is 0 Å². The van der Waals surface area contributed by atoms with Gasteiger partial charge in [-0.15, -0.1) is 0 Å². The van der Waals surface area contributed by atoms with Gasteiger partial charge in [0.1, 0.15) is 0 Å². The van der Waals surface area contributed by atoms with Gasteiger partial charge in [-0.25, -0.2) is 0 Å². The summed E-state index contributed by atoms with van der Waals surface area (Å²) in [6.07, 6.45) is 4.25. The SMILES string of the molecule is CCOCCCN1C(=O)C2(CC2)NC1CC(C)C. The fourth-order valence-corrected chi connectivity index (χ4v) is 2.73. The lowest BCUT2D eigenvalue weighted by Crippen LogP contribution is -2.39. The Kier molecular flexibility index (Phi) is 4.28. The first-order valence-electron chi connectivity index (χ1n) is 7.25. The molecule has 1 unspecified atom stereocenters. The van der Waals surface area contributed by atoms with Crippen molar-refractivity contribution < 1.29 is 9.53 Å². The second kappa shape index (κ2) is 5.57. The van der Waals surface area contributed by atoms with E-state index in [0.29, 0.717) is 11.8 Å². The number of ether oxygens (including phenoxy) is 1. The van der Waals surface area contributed by atoms with E-state index >= 15 is 0 Å². The Morgan fingerprint density at radius 2 is 2.22 bits per heavy atom. The summed E-state index contributed by atoms with van der Waals surface area (Å²) in [4.78, 5) is 14.4. The van der Waals surface area contributed by atoms with Crippen LogP contribution in [0.3, 0.4) is 0 Å². The normalized spacial score (nSPS) is 25.4. The molecule has 0 aromatic carbocycles. The molecule has 0 bridgehead atoms. The van der Waals surface area contributed by atoms with Gasteiger partial charge in [-0.1, -0.05) is 13.8 Å². The molecule has 1 N–H and O–H groups in total. The summed E-state index contributed by atoms with van der Waals surface area (Å²) in [5, 5.41) is 3.55. The molecule has 4 nitrogen and oxygen atoms in total. The molecule has 0 radical (unpaired) electrons. The first-order chi connectivity index (χ1) is 8.59. The molecule has 0 aromatic heterocycles. The predicted molar refractivity (Wildman–Crippen MR) is 71.2 cm³/mol. The lowest BCUT2D eigenvalue weighted by Gasteiger charge is -2.25. The van der Waals surface area contributed by atoms with E-state index in [9.17, 15) is 4.79 Å². The molecule has 4 heteroatoms. The average molecular weight is 254 g/mol. The van der Waals surface area contributed by atoms with Crippen molar-refractivity contribution in [1.29, 1.82) is 0 Å². The molecule has 1 saturated heterocycles. The number of carbonyl (C=O) groups is 1. The molecule has 1 aliphatic heterocycles. The minimum absolute atomic E-state index is 0.175. The Bertz CT molecular complexity index is 300. The molecule has 1 aliphatic carbocycles. The zero-order valence-electron chi connectivity index (χ0n) is 11.9. The van der Waals surface area contributed by atoms with E-state index in [-0.39, 0.29) is 11.7 Å². The maximum absolute atomic E-state index is 12.4. The van der Waals surface area contributed by atoms with Crippen LogP contribution in [0.15, 0.2) is 0 Å². The zero-order chi connectivity index (χ0) is 13.2. The second-order valence-corrected chi connectivity index (χ2v) is 5.92. The first kappa shape index (κ1) is 13.8. The van der Waals surface area contributed by atoms with Gasteiger partial charge in [0.2, 0.25) is 5.91 Å². The molecule has 2 fully saturated rings. The Hall–Kier alpha value is -0.610. The number of nitrogens with one attached hydrogen (secondary N) is 1. The van der Waals surface area contributed by atoms with Crippen molar-refractivity contribution in [2.75, 3.05) is 19.8 Å². The molecule has 0 aromatic rings. The van der Waals surface area contributed by atoms with E-state index in [1.807, 2.05) is 11.8 Å². The van der Waals surface area contributed by atoms with E-state index in [1.165, 1.54) is 0 Å². The van der Waals surface area contributed by atoms with Crippen LogP contribution in [0.2, 0.25) is 0 Å². The molecule has 1 amide bonds. The van der Waals surface area contributed by atoms with Crippen LogP contribution >= 0.6 is 0 Å². The number of rotatable bonds is 7. The quantitative estimate of drug-likeness (QED) is 0.704. The van der Waals surface area contributed by atoms with Crippen LogP contribution in [0.4, 0.5) is 0 Å². The number of hydrogen-bond donors (Lipinski definition) is 1. The monoisotopic (exact) mass is 254 g/mol. The second-order valence-electron chi connectivity index (χ2n) is 5.92. The van der Waals surface area contributed by atoms with E-state index in [2.05, 4.69) is 19.2 Å². The van der Waals surface area contributed by atoms with Crippen molar-refractivity contribution in [1.82, 2.24) is 10.2 Å². The minimum atomic E-state index is -0.175. The van der Waals surface area contributed by atoms with Gasteiger partial charge in [0.15, 0.2) is 0 Å². The van der Waals surface area contributed by atoms with E-state index in [1.54, 1.807) is 0 Å². The lowest BCUT2D eigenvalue weighted by molar-refractivity contribution is -0.131. The topological polar surface area (TPSA) is 41.6 Å². The van der Waals surface area contributed by atoms with Gasteiger partial charge in [-0.3, -0.25) is 10.1 Å². The van der Waals surface area contributed by atoms with Crippen molar-refractivity contribution in [3.63, 3.8) is 0 Å². The molecular formula is C14H26N2O2. The van der Waals surface area contributed by atoms with Crippen LogP contribution in [-0.2, 0) is 9.53 Å². The maximum atomic E-state index is 12.4. The van der Waals surface area contributed by atoms with Crippen molar-refractivity contribution in [2.45, 2.75) is 58.2 Å². The third kappa shape index (κ3) is 2.86. The van der Waals surface area contributed by atoms with Crippen molar-refractivity contribution in [3.05, 3.63) is 0 Å². The number of nitrogens with zero attached hydrogens (tertiary/aromatic N) is 1. The third-order valence-corrected chi connectivity index (χ3v) is 3.83. The van der Waals surface area contributed by atoms with Gasteiger partial charge in [-0.05, 0) is 38.5 Å². The van der Waals surface area contributed by atoms with Crippen LogP contribution in [-0.4, -0.2) is 42.3 Å². The fraction of sp³-hybridized carbons (Fsp3) is 0.929. The molecule has 18 heavy (non-hydrogen) atoms. The summed E-state index contributed by atoms with van der Waals surface area (Å²) < 4.78 is 5.35. The first-order valence-corrected chi connectivity index (χ1v) is 7.25. The predicted octanol–water partition coefficient (Wildman–Crippen LogP) is 1.75. The molecule has 2 aliphatic rings. The van der Waals surface area contributed by atoms with Gasteiger partial charge in [0, 0.05) is 19.8 Å². The number of hydrogen-bond acceptors (Lipinski definition) is 3. The largest absolute Gasteiger partial charge is 0.382 e. The van der Waals surface area contributed by atoms with E-state index < -0.39 is 0 Å². The van der Waals surface area contributed by atoms with Crippen LogP contribution < -0.4 is 5.32 Å². The molecule has 1 spiro atoms. The summed E-state index contributed by atoms with van der Waals surface area (Å²) >= 11 is 0. The van der Waals surface area contributed by atoms with Crippen molar-refractivity contribution in [2.24, 2.45) is 5.92 Å². The minimum Gasteiger partial charge on any atom is -0.382 e. The zero-order valence-corrected chi connectivity index (χ0v) is 11.9. The highest BCUT2D eigenvalue weighted by atomic mass is 16.5. The molecule has 1 heterocycles. The molecule has 1 saturated carbocycles. The Morgan fingerprint density at radius 3 is 2.78 bits per heavy atom. The maximum Gasteiger partial charge on any atom is 0.244 e. The van der Waals surface area contributed by atoms with Gasteiger partial charge in [-0.2, -0.15) is 0 Å². The summed E-state index contributed by atoms with van der Waals surface area (Å²) in [5.74, 6) is 0.934. The van der Waals surface area contributed by atoms with Crippen molar-refractivity contribution >= 4 is 5.91 Å². The third-order valence-electron chi connectivity index (χ3n) is 3.83. The molecule has 1 atom stereocenters. The van der Waals surface area contributed by atoms with Gasteiger partial charge in [0.05, 0.1) is 11.7 Å². The van der Waals surface area contributed by atoms with Crippen LogP contribution in [0.1, 0.15) is 46.5 Å². The standard InChI is InChI=1S/C14H26N2O2/c1-4-18-9-5-8-16-12(10-11(2)3)15-14(6-7-14)13(16)17/h11-12,15H,4-10H2,1-3H3. The molecule has 104 valence electrons. The Morgan fingerprint density at radius 1 is 1.50 bits per heavy atom. The Labute approximate surface area is 110 Å². The highest BCUT2D eigenvalue weighted by Gasteiger charge is 2.58. The smallest absolute Gasteiger partial charge is 0.244 e. The summed E-state index contributed by atoms with van der Waals surface area (Å²) in [6, 6.07) is 0. The van der Waals surface area contributed by atoms with E-state index in [0.717, 1.165) is 45.4 Å². The Balaban J connectivity index is 1.88. The van der Waals surface area contributed by atoms with Crippen LogP contribution in [0.5, 0.6) is 0 Å². The summed E-state index contributed by atoms with van der Waals surface area (Å²) in [6.45, 7) is 8.76. The van der Waals surface area contributed by atoms with Crippen molar-refractivity contribution in [3.8, 4) is 0 Å². The van der Waals surface area contributed by atoms with Gasteiger partial charge >= 0.3 is 0 Å². The van der Waals surface area contributed by atoms with Gasteiger partial charge < -0.3 is 9.64 Å². The highest BCUT2D eigenvalue weighted by molar-refractivity contribution is 5.91. The molecular weight excluding hydrogens is 228 g/mol. The molecule has 2 rings (SSSR count). The highest BCUT2D eigenvalue weighted by Crippen LogP contribution is 2.43. The van der Waals surface area contributed by atoms with Crippen LogP contribution in [0, 0.1) is 5.92 Å². The number of carbonyl (C=O) groups excluding carboxylic acids is 1. The summed E-state index contributed by atoms with van der Waals surface area (Å²) in [7, 11) is 0. The van der Waals surface area contributed by atoms with E-state index in [4.69, 9.17) is 4.74 Å². The lowest BCUT2D eigenvalue weighted by atomic mass is 10.1.